The van der Waals surface area contributed by atoms with E-state index in [1.807, 2.05) is 54.6 Å². The van der Waals surface area contributed by atoms with Crippen molar-refractivity contribution in [2.24, 2.45) is 0 Å². The largest absolute Gasteiger partial charge is 0.497 e. The molecule has 182 valence electrons. The van der Waals surface area contributed by atoms with Crippen molar-refractivity contribution < 1.29 is 19.1 Å². The van der Waals surface area contributed by atoms with E-state index in [1.54, 1.807) is 31.4 Å². The number of allylic oxidation sites excluding steroid dienone is 1. The second kappa shape index (κ2) is 12.0. The number of thioether (sulfide) groups is 1. The van der Waals surface area contributed by atoms with E-state index in [0.717, 1.165) is 22.9 Å². The van der Waals surface area contributed by atoms with Crippen molar-refractivity contribution in [3.05, 3.63) is 101 Å². The summed E-state index contributed by atoms with van der Waals surface area (Å²) in [4.78, 5) is 24.9. The van der Waals surface area contributed by atoms with Gasteiger partial charge in [-0.25, -0.2) is 0 Å². The number of amides is 2. The Morgan fingerprint density at radius 3 is 2.58 bits per heavy atom. The van der Waals surface area contributed by atoms with Gasteiger partial charge < -0.3 is 20.1 Å². The average molecular weight is 500 g/mol. The first-order chi connectivity index (χ1) is 17.6. The summed E-state index contributed by atoms with van der Waals surface area (Å²) in [5.41, 5.74) is 2.95. The minimum Gasteiger partial charge on any atom is -0.497 e. The molecule has 36 heavy (non-hydrogen) atoms. The lowest BCUT2D eigenvalue weighted by atomic mass is 9.87. The summed E-state index contributed by atoms with van der Waals surface area (Å²) < 4.78 is 11.0. The highest BCUT2D eigenvalue weighted by Gasteiger charge is 2.30. The van der Waals surface area contributed by atoms with Gasteiger partial charge in [0.2, 0.25) is 11.8 Å². The number of carbonyl (C=O) groups is 2. The first-order valence-corrected chi connectivity index (χ1v) is 12.3. The molecule has 2 amide bonds. The lowest BCUT2D eigenvalue weighted by Gasteiger charge is -2.25. The topological polar surface area (TPSA) is 100 Å². The predicted molar refractivity (Wildman–Crippen MR) is 139 cm³/mol. The van der Waals surface area contributed by atoms with E-state index in [4.69, 9.17) is 9.47 Å². The van der Waals surface area contributed by atoms with Crippen LogP contribution in [-0.4, -0.2) is 24.7 Å². The number of nitrogens with one attached hydrogen (secondary N) is 2. The highest BCUT2D eigenvalue weighted by Crippen LogP contribution is 2.36. The molecule has 0 aromatic heterocycles. The van der Waals surface area contributed by atoms with Crippen LogP contribution in [-0.2, 0) is 16.2 Å². The van der Waals surface area contributed by atoms with Crippen LogP contribution in [0.2, 0.25) is 0 Å². The Morgan fingerprint density at radius 1 is 1.08 bits per heavy atom. The van der Waals surface area contributed by atoms with Gasteiger partial charge in [0.25, 0.3) is 0 Å². The molecule has 0 saturated heterocycles. The molecule has 1 aliphatic heterocycles. The molecule has 8 heteroatoms. The Morgan fingerprint density at radius 2 is 1.86 bits per heavy atom. The Labute approximate surface area is 214 Å². The number of ether oxygens (including phenoxy) is 2. The van der Waals surface area contributed by atoms with Crippen LogP contribution in [0, 0.1) is 11.3 Å². The van der Waals surface area contributed by atoms with E-state index in [9.17, 15) is 14.9 Å². The third-order valence-corrected chi connectivity index (χ3v) is 6.61. The normalized spacial score (nSPS) is 15.0. The highest BCUT2D eigenvalue weighted by molar-refractivity contribution is 8.03. The van der Waals surface area contributed by atoms with Crippen LogP contribution in [0.5, 0.6) is 11.5 Å². The van der Waals surface area contributed by atoms with E-state index in [1.165, 1.54) is 0 Å². The quantitative estimate of drug-likeness (QED) is 0.431. The molecule has 0 bridgehead atoms. The Balaban J connectivity index is 1.42. The first kappa shape index (κ1) is 24.9. The van der Waals surface area contributed by atoms with Crippen LogP contribution in [0.3, 0.4) is 0 Å². The smallest absolute Gasteiger partial charge is 0.234 e. The second-order valence-corrected chi connectivity index (χ2v) is 9.06. The fraction of sp³-hybridized carbons (Fsp3) is 0.179. The van der Waals surface area contributed by atoms with E-state index in [2.05, 4.69) is 16.7 Å². The fourth-order valence-electron chi connectivity index (χ4n) is 3.79. The Bertz CT molecular complexity index is 1300. The maximum atomic E-state index is 12.5. The van der Waals surface area contributed by atoms with E-state index in [0.29, 0.717) is 34.4 Å². The number of hydrogen-bond acceptors (Lipinski definition) is 6. The molecular weight excluding hydrogens is 474 g/mol. The summed E-state index contributed by atoms with van der Waals surface area (Å²) in [5.74, 6) is 0.532. The Kier molecular flexibility index (Phi) is 8.27. The Hall–Kier alpha value is -4.22. The molecule has 2 N–H and O–H groups in total. The van der Waals surface area contributed by atoms with Crippen molar-refractivity contribution >= 4 is 29.3 Å². The summed E-state index contributed by atoms with van der Waals surface area (Å²) in [5, 5.41) is 15.9. The van der Waals surface area contributed by atoms with Crippen molar-refractivity contribution in [1.29, 1.82) is 5.26 Å². The van der Waals surface area contributed by atoms with Crippen molar-refractivity contribution in [3.8, 4) is 17.6 Å². The van der Waals surface area contributed by atoms with Gasteiger partial charge in [-0.15, -0.1) is 0 Å². The summed E-state index contributed by atoms with van der Waals surface area (Å²) in [7, 11) is 1.56. The monoisotopic (exact) mass is 499 g/mol. The molecule has 1 aliphatic rings. The summed E-state index contributed by atoms with van der Waals surface area (Å²) in [6.45, 7) is 0.452. The van der Waals surface area contributed by atoms with Gasteiger partial charge in [-0.3, -0.25) is 9.59 Å². The van der Waals surface area contributed by atoms with Gasteiger partial charge in [0, 0.05) is 24.1 Å². The number of hydrogen-bond donors (Lipinski definition) is 2. The van der Waals surface area contributed by atoms with Crippen LogP contribution in [0.15, 0.2) is 89.5 Å². The fourth-order valence-corrected chi connectivity index (χ4v) is 4.67. The molecule has 7 nitrogen and oxygen atoms in total. The zero-order valence-corrected chi connectivity index (χ0v) is 20.5. The van der Waals surface area contributed by atoms with Crippen LogP contribution < -0.4 is 20.1 Å². The van der Waals surface area contributed by atoms with Gasteiger partial charge in [-0.2, -0.15) is 5.26 Å². The van der Waals surface area contributed by atoms with Crippen molar-refractivity contribution in [1.82, 2.24) is 5.32 Å². The van der Waals surface area contributed by atoms with Crippen LogP contribution in [0.1, 0.15) is 23.5 Å². The molecule has 0 aliphatic carbocycles. The van der Waals surface area contributed by atoms with E-state index in [-0.39, 0.29) is 24.0 Å². The number of anilines is 1. The standard InChI is InChI=1S/C28H25N3O4S/c1-34-23-9-5-8-21(14-23)30-27(33)18-36-28-25(16-29)24(15-26(32)31-28)20-10-12-22(13-11-20)35-17-19-6-3-2-4-7-19/h2-14,24H,15,17-18H2,1H3,(H,30,33)(H,31,32)/t24-/m1/s1. The van der Waals surface area contributed by atoms with Gasteiger partial charge in [-0.1, -0.05) is 60.3 Å². The molecule has 0 fully saturated rings. The van der Waals surface area contributed by atoms with Gasteiger partial charge in [0.1, 0.15) is 18.1 Å². The van der Waals surface area contributed by atoms with Crippen LogP contribution in [0.25, 0.3) is 0 Å². The van der Waals surface area contributed by atoms with E-state index >= 15 is 0 Å². The number of nitrogens with zero attached hydrogens (tertiary/aromatic N) is 1. The summed E-state index contributed by atoms with van der Waals surface area (Å²) in [6, 6.07) is 26.6. The summed E-state index contributed by atoms with van der Waals surface area (Å²) in [6.07, 6.45) is 0.160. The lowest BCUT2D eigenvalue weighted by molar-refractivity contribution is -0.121. The predicted octanol–water partition coefficient (Wildman–Crippen LogP) is 4.98. The third-order valence-electron chi connectivity index (χ3n) is 5.59. The molecule has 0 spiro atoms. The van der Waals surface area contributed by atoms with Crippen molar-refractivity contribution in [2.45, 2.75) is 18.9 Å². The number of nitriles is 1. The molecular formula is C28H25N3O4S. The number of methoxy groups -OCH3 is 1. The second-order valence-electron chi connectivity index (χ2n) is 8.07. The maximum absolute atomic E-state index is 12.5. The average Bonchev–Trinajstić information content (AvgIpc) is 2.91. The van der Waals surface area contributed by atoms with Gasteiger partial charge in [-0.05, 0) is 35.4 Å². The van der Waals surface area contributed by atoms with Crippen molar-refractivity contribution in [3.63, 3.8) is 0 Å². The molecule has 0 saturated carbocycles. The number of rotatable bonds is 9. The molecule has 4 rings (SSSR count). The highest BCUT2D eigenvalue weighted by atomic mass is 32.2. The van der Waals surface area contributed by atoms with E-state index < -0.39 is 5.92 Å². The molecule has 1 atom stereocenters. The van der Waals surface area contributed by atoms with Gasteiger partial charge in [0.15, 0.2) is 0 Å². The van der Waals surface area contributed by atoms with Crippen molar-refractivity contribution in [2.75, 3.05) is 18.2 Å². The van der Waals surface area contributed by atoms with Gasteiger partial charge >= 0.3 is 0 Å². The van der Waals surface area contributed by atoms with Crippen LogP contribution in [0.4, 0.5) is 5.69 Å². The molecule has 1 heterocycles. The molecule has 0 radical (unpaired) electrons. The summed E-state index contributed by atoms with van der Waals surface area (Å²) >= 11 is 1.14. The zero-order valence-electron chi connectivity index (χ0n) is 19.7. The lowest BCUT2D eigenvalue weighted by Crippen LogP contribution is -2.31. The minimum absolute atomic E-state index is 0.0387. The minimum atomic E-state index is -0.393. The number of benzene rings is 3. The SMILES string of the molecule is COc1cccc(NC(=O)CSC2=C(C#N)[C@@H](c3ccc(OCc4ccccc4)cc3)CC(=O)N2)c1. The number of carbonyl (C=O) groups excluding carboxylic acids is 2. The zero-order chi connectivity index (χ0) is 25.3. The van der Waals surface area contributed by atoms with Crippen LogP contribution >= 0.6 is 11.8 Å². The molecule has 0 unspecified atom stereocenters. The van der Waals surface area contributed by atoms with Gasteiger partial charge in [0.05, 0.1) is 29.5 Å². The third kappa shape index (κ3) is 6.46. The molecule has 3 aromatic rings. The first-order valence-electron chi connectivity index (χ1n) is 11.3. The molecule has 3 aromatic carbocycles. The maximum Gasteiger partial charge on any atom is 0.234 e.